The number of amides is 1. The van der Waals surface area contributed by atoms with Crippen LogP contribution in [0, 0.1) is 0 Å². The predicted molar refractivity (Wildman–Crippen MR) is 57.0 cm³/mol. The molecule has 0 atom stereocenters. The molecule has 1 aromatic heterocycles. The van der Waals surface area contributed by atoms with Crippen LogP contribution in [-0.4, -0.2) is 10.9 Å². The van der Waals surface area contributed by atoms with Gasteiger partial charge >= 0.3 is 0 Å². The van der Waals surface area contributed by atoms with Crippen molar-refractivity contribution in [2.45, 2.75) is 32.6 Å². The van der Waals surface area contributed by atoms with Gasteiger partial charge in [-0.05, 0) is 36.8 Å². The highest BCUT2D eigenvalue weighted by Gasteiger charge is 2.23. The van der Waals surface area contributed by atoms with E-state index >= 15 is 0 Å². The summed E-state index contributed by atoms with van der Waals surface area (Å²) in [7, 11) is 0. The third-order valence-electron chi connectivity index (χ3n) is 2.98. The molecule has 1 amide bonds. The third-order valence-corrected chi connectivity index (χ3v) is 2.98. The van der Waals surface area contributed by atoms with Crippen molar-refractivity contribution in [2.24, 2.45) is 5.73 Å². The lowest BCUT2D eigenvalue weighted by Gasteiger charge is -2.08. The van der Waals surface area contributed by atoms with Crippen molar-refractivity contribution in [3.63, 3.8) is 0 Å². The van der Waals surface area contributed by atoms with E-state index in [9.17, 15) is 9.59 Å². The number of fused-ring (bicyclic) bond motifs is 1. The molecule has 1 aliphatic rings. The molecule has 0 saturated carbocycles. The van der Waals surface area contributed by atoms with Crippen LogP contribution in [-0.2, 0) is 19.3 Å². The minimum absolute atomic E-state index is 0.166. The summed E-state index contributed by atoms with van der Waals surface area (Å²) in [5.41, 5.74) is 8.02. The Kier molecular flexibility index (Phi) is 2.34. The highest BCUT2D eigenvalue weighted by Crippen LogP contribution is 2.25. The van der Waals surface area contributed by atoms with Crippen LogP contribution in [0.2, 0.25) is 0 Å². The molecule has 0 unspecified atom stereocenters. The molecule has 0 aliphatic heterocycles. The zero-order chi connectivity index (χ0) is 11.0. The average molecular weight is 206 g/mol. The van der Waals surface area contributed by atoms with Gasteiger partial charge in [0.25, 0.3) is 11.5 Å². The number of hydrogen-bond acceptors (Lipinski definition) is 2. The van der Waals surface area contributed by atoms with Crippen LogP contribution in [0.15, 0.2) is 4.79 Å². The highest BCUT2D eigenvalue weighted by atomic mass is 16.2. The second-order valence-electron chi connectivity index (χ2n) is 3.84. The smallest absolute Gasteiger partial charge is 0.261 e. The van der Waals surface area contributed by atoms with Crippen molar-refractivity contribution in [3.8, 4) is 0 Å². The summed E-state index contributed by atoms with van der Waals surface area (Å²) in [4.78, 5) is 25.6. The topological polar surface area (TPSA) is 75.9 Å². The normalized spacial score (nSPS) is 13.9. The summed E-state index contributed by atoms with van der Waals surface area (Å²) in [6, 6.07) is 0. The number of H-pyrrole nitrogens is 1. The maximum atomic E-state index is 11.6. The Morgan fingerprint density at radius 2 is 2.07 bits per heavy atom. The fourth-order valence-corrected chi connectivity index (χ4v) is 2.33. The van der Waals surface area contributed by atoms with Crippen LogP contribution >= 0.6 is 0 Å². The van der Waals surface area contributed by atoms with E-state index in [-0.39, 0.29) is 11.1 Å². The van der Waals surface area contributed by atoms with Crippen molar-refractivity contribution >= 4 is 5.91 Å². The van der Waals surface area contributed by atoms with E-state index in [0.29, 0.717) is 0 Å². The van der Waals surface area contributed by atoms with Gasteiger partial charge < -0.3 is 10.7 Å². The second kappa shape index (κ2) is 3.53. The first-order chi connectivity index (χ1) is 7.15. The number of aromatic nitrogens is 1. The Hall–Kier alpha value is -1.58. The maximum absolute atomic E-state index is 11.6. The Bertz CT molecular complexity index is 474. The van der Waals surface area contributed by atoms with E-state index in [1.54, 1.807) is 0 Å². The molecule has 80 valence electrons. The van der Waals surface area contributed by atoms with Gasteiger partial charge in [0.2, 0.25) is 0 Å². The quantitative estimate of drug-likeness (QED) is 0.740. The Morgan fingerprint density at radius 1 is 1.40 bits per heavy atom. The first-order valence-corrected chi connectivity index (χ1v) is 5.21. The Morgan fingerprint density at radius 3 is 2.67 bits per heavy atom. The van der Waals surface area contributed by atoms with Gasteiger partial charge in [-0.1, -0.05) is 6.92 Å². The molecule has 0 radical (unpaired) electrons. The van der Waals surface area contributed by atoms with Crippen molar-refractivity contribution in [1.29, 1.82) is 0 Å². The zero-order valence-electron chi connectivity index (χ0n) is 8.72. The van der Waals surface area contributed by atoms with Gasteiger partial charge in [0.05, 0.1) is 0 Å². The SMILES string of the molecule is CCc1[nH]c(=O)c(C(N)=O)c2c1CCC2. The maximum Gasteiger partial charge on any atom is 0.261 e. The number of pyridine rings is 1. The van der Waals surface area contributed by atoms with E-state index in [0.717, 1.165) is 42.5 Å². The minimum atomic E-state index is -0.614. The average Bonchev–Trinajstić information content (AvgIpc) is 2.63. The number of rotatable bonds is 2. The first kappa shape index (κ1) is 9.96. The van der Waals surface area contributed by atoms with Crippen molar-refractivity contribution in [3.05, 3.63) is 32.7 Å². The molecule has 0 bridgehead atoms. The van der Waals surface area contributed by atoms with E-state index < -0.39 is 5.91 Å². The summed E-state index contributed by atoms with van der Waals surface area (Å²) in [6.07, 6.45) is 3.52. The monoisotopic (exact) mass is 206 g/mol. The van der Waals surface area contributed by atoms with Crippen molar-refractivity contribution in [1.82, 2.24) is 4.98 Å². The molecule has 1 aromatic rings. The molecule has 4 heteroatoms. The molecule has 0 fully saturated rings. The van der Waals surface area contributed by atoms with Crippen molar-refractivity contribution in [2.75, 3.05) is 0 Å². The summed E-state index contributed by atoms with van der Waals surface area (Å²) >= 11 is 0. The van der Waals surface area contributed by atoms with Crippen LogP contribution in [0.4, 0.5) is 0 Å². The third kappa shape index (κ3) is 1.46. The largest absolute Gasteiger partial charge is 0.365 e. The lowest BCUT2D eigenvalue weighted by molar-refractivity contribution is 0.0998. The number of aromatic amines is 1. The highest BCUT2D eigenvalue weighted by molar-refractivity contribution is 5.94. The summed E-state index contributed by atoms with van der Waals surface area (Å²) in [5.74, 6) is -0.614. The van der Waals surface area contributed by atoms with Gasteiger partial charge in [-0.15, -0.1) is 0 Å². The summed E-state index contributed by atoms with van der Waals surface area (Å²) in [6.45, 7) is 1.99. The fourth-order valence-electron chi connectivity index (χ4n) is 2.33. The number of carbonyl (C=O) groups is 1. The Labute approximate surface area is 87.5 Å². The van der Waals surface area contributed by atoms with Crippen LogP contribution < -0.4 is 11.3 Å². The van der Waals surface area contributed by atoms with Gasteiger partial charge in [-0.25, -0.2) is 0 Å². The van der Waals surface area contributed by atoms with Crippen LogP contribution in [0.5, 0.6) is 0 Å². The minimum Gasteiger partial charge on any atom is -0.365 e. The molecule has 1 aliphatic carbocycles. The van der Waals surface area contributed by atoms with Gasteiger partial charge in [-0.3, -0.25) is 9.59 Å². The van der Waals surface area contributed by atoms with Crippen LogP contribution in [0.1, 0.15) is 40.5 Å². The standard InChI is InChI=1S/C11H14N2O2/c1-2-8-6-4-3-5-7(6)9(10(12)14)11(15)13-8/h2-5H2,1H3,(H2,12,14)(H,13,15). The number of primary amides is 1. The van der Waals surface area contributed by atoms with Gasteiger partial charge in [0.15, 0.2) is 0 Å². The molecule has 3 N–H and O–H groups in total. The molecule has 4 nitrogen and oxygen atoms in total. The molecule has 1 heterocycles. The number of nitrogens with two attached hydrogens (primary N) is 1. The molecule has 0 saturated heterocycles. The summed E-state index contributed by atoms with van der Waals surface area (Å²) < 4.78 is 0. The lowest BCUT2D eigenvalue weighted by Crippen LogP contribution is -2.27. The van der Waals surface area contributed by atoms with Crippen LogP contribution in [0.3, 0.4) is 0 Å². The molecule has 2 rings (SSSR count). The van der Waals surface area contributed by atoms with Gasteiger partial charge in [0, 0.05) is 5.69 Å². The van der Waals surface area contributed by atoms with E-state index in [2.05, 4.69) is 4.98 Å². The van der Waals surface area contributed by atoms with Crippen molar-refractivity contribution < 1.29 is 4.79 Å². The number of carbonyl (C=O) groups excluding carboxylic acids is 1. The van der Waals surface area contributed by atoms with Crippen LogP contribution in [0.25, 0.3) is 0 Å². The van der Waals surface area contributed by atoms with Gasteiger partial charge in [0.1, 0.15) is 5.56 Å². The lowest BCUT2D eigenvalue weighted by atomic mass is 10.0. The number of nitrogens with one attached hydrogen (secondary N) is 1. The molecular formula is C11H14N2O2. The fraction of sp³-hybridized carbons (Fsp3) is 0.455. The zero-order valence-corrected chi connectivity index (χ0v) is 8.72. The molecular weight excluding hydrogens is 192 g/mol. The Balaban J connectivity index is 2.74. The number of aryl methyl sites for hydroxylation is 1. The molecule has 0 aromatic carbocycles. The summed E-state index contributed by atoms with van der Waals surface area (Å²) in [5, 5.41) is 0. The van der Waals surface area contributed by atoms with E-state index in [1.807, 2.05) is 6.92 Å². The van der Waals surface area contributed by atoms with E-state index in [1.165, 1.54) is 0 Å². The molecule has 0 spiro atoms. The number of hydrogen-bond donors (Lipinski definition) is 2. The molecule has 15 heavy (non-hydrogen) atoms. The van der Waals surface area contributed by atoms with Gasteiger partial charge in [-0.2, -0.15) is 0 Å². The van der Waals surface area contributed by atoms with E-state index in [4.69, 9.17) is 5.73 Å². The first-order valence-electron chi connectivity index (χ1n) is 5.21. The second-order valence-corrected chi connectivity index (χ2v) is 3.84. The predicted octanol–water partition coefficient (Wildman–Crippen LogP) is 0.525.